The van der Waals surface area contributed by atoms with Gasteiger partial charge in [0, 0.05) is 6.54 Å². The second-order valence-electron chi connectivity index (χ2n) is 9.03. The van der Waals surface area contributed by atoms with Crippen LogP contribution in [0.1, 0.15) is 11.1 Å². The quantitative estimate of drug-likeness (QED) is 0.334. The number of hydrogen-bond donors (Lipinski definition) is 1. The molecular weight excluding hydrogens is 458 g/mol. The van der Waals surface area contributed by atoms with E-state index in [0.29, 0.717) is 24.3 Å². The van der Waals surface area contributed by atoms with Crippen molar-refractivity contribution in [2.75, 3.05) is 5.73 Å². The molecule has 0 aliphatic heterocycles. The molecule has 0 amide bonds. The van der Waals surface area contributed by atoms with Crippen molar-refractivity contribution in [2.24, 2.45) is 0 Å². The van der Waals surface area contributed by atoms with Gasteiger partial charge < -0.3 is 10.3 Å². The lowest BCUT2D eigenvalue weighted by Crippen LogP contribution is -2.20. The van der Waals surface area contributed by atoms with Crippen LogP contribution in [0.5, 0.6) is 0 Å². The number of nitrogen functional groups attached to an aromatic ring is 1. The van der Waals surface area contributed by atoms with Crippen molar-refractivity contribution in [1.29, 1.82) is 0 Å². The Balaban J connectivity index is 1.28. The third-order valence-corrected chi connectivity index (χ3v) is 6.59. The fourth-order valence-corrected chi connectivity index (χ4v) is 4.64. The lowest BCUT2D eigenvalue weighted by molar-refractivity contribution is 0.797. The predicted octanol–water partition coefficient (Wildman–Crippen LogP) is 5.61. The summed E-state index contributed by atoms with van der Waals surface area (Å²) in [7, 11) is 0. The summed E-state index contributed by atoms with van der Waals surface area (Å²) in [6, 6.07) is 37.1. The van der Waals surface area contributed by atoms with Gasteiger partial charge in [-0.1, -0.05) is 109 Å². The SMILES string of the molecule is Nc1nc(=O)c2c(ncn2Cc2ccc(-c3ccccc3)cc2)n1Cc1ccc(-c2ccccc2)cc1. The van der Waals surface area contributed by atoms with Crippen molar-refractivity contribution in [2.45, 2.75) is 13.1 Å². The van der Waals surface area contributed by atoms with E-state index in [0.717, 1.165) is 27.8 Å². The average Bonchev–Trinajstić information content (AvgIpc) is 3.37. The van der Waals surface area contributed by atoms with Crippen LogP contribution in [0, 0.1) is 0 Å². The number of nitrogens with zero attached hydrogens (tertiary/aromatic N) is 4. The summed E-state index contributed by atoms with van der Waals surface area (Å²) in [4.78, 5) is 21.5. The second kappa shape index (κ2) is 9.59. The molecule has 4 aromatic carbocycles. The molecule has 37 heavy (non-hydrogen) atoms. The second-order valence-corrected chi connectivity index (χ2v) is 9.03. The number of nitrogens with two attached hydrogens (primary N) is 1. The molecule has 180 valence electrons. The van der Waals surface area contributed by atoms with Crippen molar-refractivity contribution in [3.05, 3.63) is 137 Å². The van der Waals surface area contributed by atoms with Gasteiger partial charge in [-0.25, -0.2) is 4.98 Å². The van der Waals surface area contributed by atoms with Gasteiger partial charge in [0.25, 0.3) is 0 Å². The van der Waals surface area contributed by atoms with Crippen molar-refractivity contribution >= 4 is 17.1 Å². The standard InChI is InChI=1S/C31H25N5O/c32-31-34-30(37)28-29(36(31)20-23-13-17-27(18-14-23)25-9-5-2-6-10-25)33-21-35(28)19-22-11-15-26(16-12-22)24-7-3-1-4-8-24/h1-18,21H,19-20H2,(H2,32,34,37). The Kier molecular flexibility index (Phi) is 5.83. The number of benzene rings is 4. The van der Waals surface area contributed by atoms with Gasteiger partial charge in [-0.3, -0.25) is 9.36 Å². The van der Waals surface area contributed by atoms with Crippen molar-refractivity contribution < 1.29 is 0 Å². The molecule has 0 fully saturated rings. The van der Waals surface area contributed by atoms with Crippen LogP contribution in [-0.2, 0) is 13.1 Å². The first-order valence-corrected chi connectivity index (χ1v) is 12.2. The molecule has 0 bridgehead atoms. The summed E-state index contributed by atoms with van der Waals surface area (Å²) >= 11 is 0. The molecule has 6 rings (SSSR count). The van der Waals surface area contributed by atoms with Gasteiger partial charge in [0.05, 0.1) is 12.9 Å². The van der Waals surface area contributed by atoms with Gasteiger partial charge in [-0.15, -0.1) is 0 Å². The number of aromatic nitrogens is 4. The Morgan fingerprint density at radius 1 is 0.622 bits per heavy atom. The zero-order valence-electron chi connectivity index (χ0n) is 20.2. The molecule has 2 aromatic heterocycles. The van der Waals surface area contributed by atoms with E-state index in [9.17, 15) is 4.79 Å². The highest BCUT2D eigenvalue weighted by Gasteiger charge is 2.15. The third-order valence-electron chi connectivity index (χ3n) is 6.59. The average molecular weight is 484 g/mol. The van der Waals surface area contributed by atoms with Crippen molar-refractivity contribution in [3.8, 4) is 22.3 Å². The highest BCUT2D eigenvalue weighted by molar-refractivity contribution is 5.72. The maximum absolute atomic E-state index is 12.9. The largest absolute Gasteiger partial charge is 0.369 e. The van der Waals surface area contributed by atoms with E-state index in [1.807, 2.05) is 41.0 Å². The number of hydrogen-bond acceptors (Lipinski definition) is 4. The molecule has 0 atom stereocenters. The maximum atomic E-state index is 12.9. The molecular formula is C31H25N5O. The van der Waals surface area contributed by atoms with Gasteiger partial charge in [0.15, 0.2) is 11.2 Å². The summed E-state index contributed by atoms with van der Waals surface area (Å²) in [6.07, 6.45) is 1.69. The topological polar surface area (TPSA) is 78.7 Å². The highest BCUT2D eigenvalue weighted by Crippen LogP contribution is 2.22. The van der Waals surface area contributed by atoms with Crippen LogP contribution < -0.4 is 11.3 Å². The van der Waals surface area contributed by atoms with Crippen LogP contribution in [-0.4, -0.2) is 19.1 Å². The number of fused-ring (bicyclic) bond motifs is 1. The Bertz CT molecular complexity index is 1720. The van der Waals surface area contributed by atoms with Crippen LogP contribution in [0.2, 0.25) is 0 Å². The van der Waals surface area contributed by atoms with Gasteiger partial charge in [0.2, 0.25) is 5.95 Å². The van der Waals surface area contributed by atoms with Crippen LogP contribution in [0.15, 0.2) is 120 Å². The monoisotopic (exact) mass is 483 g/mol. The third kappa shape index (κ3) is 4.52. The first kappa shape index (κ1) is 22.5. The molecule has 0 radical (unpaired) electrons. The summed E-state index contributed by atoms with van der Waals surface area (Å²) in [5.41, 5.74) is 13.5. The molecule has 6 heteroatoms. The molecule has 0 spiro atoms. The fourth-order valence-electron chi connectivity index (χ4n) is 4.64. The lowest BCUT2D eigenvalue weighted by Gasteiger charge is -2.12. The van der Waals surface area contributed by atoms with E-state index in [1.165, 1.54) is 5.56 Å². The van der Waals surface area contributed by atoms with Crippen LogP contribution >= 0.6 is 0 Å². The first-order valence-electron chi connectivity index (χ1n) is 12.2. The molecule has 0 saturated carbocycles. The minimum absolute atomic E-state index is 0.155. The molecule has 0 saturated heterocycles. The van der Waals surface area contributed by atoms with Crippen molar-refractivity contribution in [3.63, 3.8) is 0 Å². The van der Waals surface area contributed by atoms with E-state index in [-0.39, 0.29) is 11.5 Å². The summed E-state index contributed by atoms with van der Waals surface area (Å²) < 4.78 is 3.64. The minimum Gasteiger partial charge on any atom is -0.369 e. The van der Waals surface area contributed by atoms with Crippen molar-refractivity contribution in [1.82, 2.24) is 19.1 Å². The van der Waals surface area contributed by atoms with Crippen LogP contribution in [0.4, 0.5) is 5.95 Å². The summed E-state index contributed by atoms with van der Waals surface area (Å²) in [5.74, 6) is 0.155. The van der Waals surface area contributed by atoms with Crippen LogP contribution in [0.3, 0.4) is 0 Å². The summed E-state index contributed by atoms with van der Waals surface area (Å²) in [6.45, 7) is 0.978. The highest BCUT2D eigenvalue weighted by atomic mass is 16.1. The molecule has 0 unspecified atom stereocenters. The summed E-state index contributed by atoms with van der Waals surface area (Å²) in [5, 5.41) is 0. The Labute approximate surface area is 214 Å². The minimum atomic E-state index is -0.374. The van der Waals surface area contributed by atoms with Crippen LogP contribution in [0.25, 0.3) is 33.4 Å². The Morgan fingerprint density at radius 3 is 1.65 bits per heavy atom. The molecule has 2 N–H and O–H groups in total. The number of imidazole rings is 1. The van der Waals surface area contributed by atoms with E-state index in [2.05, 4.69) is 82.8 Å². The maximum Gasteiger partial charge on any atom is 0.300 e. The zero-order chi connectivity index (χ0) is 25.2. The number of rotatable bonds is 6. The van der Waals surface area contributed by atoms with E-state index in [4.69, 9.17) is 5.73 Å². The number of anilines is 1. The molecule has 6 aromatic rings. The van der Waals surface area contributed by atoms with E-state index in [1.54, 1.807) is 10.9 Å². The Hall–Kier alpha value is -4.97. The molecule has 6 nitrogen and oxygen atoms in total. The molecule has 0 aliphatic rings. The van der Waals surface area contributed by atoms with Gasteiger partial charge in [-0.05, 0) is 33.4 Å². The first-order chi connectivity index (χ1) is 18.2. The Morgan fingerprint density at radius 2 is 1.11 bits per heavy atom. The van der Waals surface area contributed by atoms with Gasteiger partial charge >= 0.3 is 5.56 Å². The normalized spacial score (nSPS) is 11.1. The molecule has 0 aliphatic carbocycles. The predicted molar refractivity (Wildman–Crippen MR) is 148 cm³/mol. The van der Waals surface area contributed by atoms with E-state index < -0.39 is 0 Å². The van der Waals surface area contributed by atoms with Gasteiger partial charge in [0.1, 0.15) is 0 Å². The smallest absolute Gasteiger partial charge is 0.300 e. The molecule has 2 heterocycles. The van der Waals surface area contributed by atoms with Gasteiger partial charge in [-0.2, -0.15) is 4.98 Å². The fraction of sp³-hybridized carbons (Fsp3) is 0.0645. The lowest BCUT2D eigenvalue weighted by atomic mass is 10.0. The van der Waals surface area contributed by atoms with E-state index >= 15 is 0 Å². The zero-order valence-corrected chi connectivity index (χ0v) is 20.2.